The molecule has 0 aliphatic heterocycles. The van der Waals surface area contributed by atoms with Crippen LogP contribution >= 0.6 is 11.6 Å². The van der Waals surface area contributed by atoms with Gasteiger partial charge in [-0.2, -0.15) is 30.7 Å². The van der Waals surface area contributed by atoms with E-state index in [2.05, 4.69) is 11.6 Å². The molecule has 1 aliphatic rings. The molecule has 10 heteroatoms. The lowest BCUT2D eigenvalue weighted by molar-refractivity contribution is -0.470. The van der Waals surface area contributed by atoms with Crippen LogP contribution in [0.5, 0.6) is 0 Å². The molecular weight excluding hydrogens is 266 g/mol. The fourth-order valence-corrected chi connectivity index (χ4v) is 1.38. The Morgan fingerprint density at radius 2 is 1.00 bits per heavy atom. The SMILES string of the molecule is FC(F)(F)C1(F)C(F)(F)C(F)(Cl)C1(F)F. The molecule has 0 unspecified atom stereocenters. The second-order valence-corrected chi connectivity index (χ2v) is 3.40. The molecule has 0 atom stereocenters. The van der Waals surface area contributed by atoms with Crippen LogP contribution < -0.4 is 0 Å². The Kier molecular flexibility index (Phi) is 2.11. The molecule has 0 saturated heterocycles. The molecule has 0 aromatic carbocycles. The van der Waals surface area contributed by atoms with Crippen molar-refractivity contribution in [2.24, 2.45) is 0 Å². The summed E-state index contributed by atoms with van der Waals surface area (Å²) < 4.78 is 109. The Hall–Kier alpha value is -0.340. The number of hydrogen-bond acceptors (Lipinski definition) is 0. The van der Waals surface area contributed by atoms with Gasteiger partial charge in [-0.1, -0.05) is 11.6 Å². The quantitative estimate of drug-likeness (QED) is 0.465. The molecule has 0 aromatic rings. The van der Waals surface area contributed by atoms with Gasteiger partial charge < -0.3 is 0 Å². The van der Waals surface area contributed by atoms with Crippen LogP contribution in [-0.2, 0) is 0 Å². The topological polar surface area (TPSA) is 0 Å². The zero-order valence-electron chi connectivity index (χ0n) is 6.28. The first-order valence-corrected chi connectivity index (χ1v) is 3.52. The van der Waals surface area contributed by atoms with Crippen molar-refractivity contribution < 1.29 is 39.5 Å². The van der Waals surface area contributed by atoms with E-state index in [0.717, 1.165) is 0 Å². The summed E-state index contributed by atoms with van der Waals surface area (Å²) in [5, 5.41) is -5.38. The van der Waals surface area contributed by atoms with E-state index in [1.54, 1.807) is 0 Å². The lowest BCUT2D eigenvalue weighted by Gasteiger charge is -2.55. The van der Waals surface area contributed by atoms with E-state index < -0.39 is 28.8 Å². The first-order valence-electron chi connectivity index (χ1n) is 3.14. The molecule has 1 rings (SSSR count). The molecule has 0 radical (unpaired) electrons. The van der Waals surface area contributed by atoms with Gasteiger partial charge in [-0.15, -0.1) is 0 Å². The third kappa shape index (κ3) is 0.931. The van der Waals surface area contributed by atoms with Gasteiger partial charge >= 0.3 is 28.8 Å². The highest BCUT2D eigenvalue weighted by Gasteiger charge is 3.05. The minimum Gasteiger partial charge on any atom is -0.220 e. The van der Waals surface area contributed by atoms with Crippen LogP contribution in [0.3, 0.4) is 0 Å². The molecule has 0 spiro atoms. The van der Waals surface area contributed by atoms with E-state index in [-0.39, 0.29) is 0 Å². The van der Waals surface area contributed by atoms with Crippen LogP contribution in [0.25, 0.3) is 0 Å². The van der Waals surface area contributed by atoms with Crippen molar-refractivity contribution in [1.82, 2.24) is 0 Å². The standard InChI is InChI=1S/C5ClF9/c6-2(8)3(9,10)1(7,4(2,11)12)5(13,14)15. The van der Waals surface area contributed by atoms with Crippen molar-refractivity contribution in [3.63, 3.8) is 0 Å². The summed E-state index contributed by atoms with van der Waals surface area (Å²) in [5.74, 6) is -12.1. The van der Waals surface area contributed by atoms with Gasteiger partial charge in [-0.05, 0) is 0 Å². The van der Waals surface area contributed by atoms with E-state index in [1.807, 2.05) is 0 Å². The maximum atomic E-state index is 12.5. The van der Waals surface area contributed by atoms with Crippen LogP contribution in [0.1, 0.15) is 0 Å². The van der Waals surface area contributed by atoms with Gasteiger partial charge in [0.15, 0.2) is 0 Å². The fraction of sp³-hybridized carbons (Fsp3) is 1.00. The molecule has 15 heavy (non-hydrogen) atoms. The average molecular weight is 266 g/mol. The van der Waals surface area contributed by atoms with Gasteiger partial charge in [0.2, 0.25) is 0 Å². The molecule has 0 aromatic heterocycles. The van der Waals surface area contributed by atoms with Crippen molar-refractivity contribution in [3.8, 4) is 0 Å². The summed E-state index contributed by atoms with van der Waals surface area (Å²) in [6.07, 6.45) is -6.63. The Morgan fingerprint density at radius 3 is 1.13 bits per heavy atom. The minimum atomic E-state index is -6.63. The van der Waals surface area contributed by atoms with Gasteiger partial charge in [0.1, 0.15) is 0 Å². The molecule has 0 amide bonds. The molecule has 0 heterocycles. The smallest absolute Gasteiger partial charge is 0.220 e. The molecule has 1 aliphatic carbocycles. The summed E-state index contributed by atoms with van der Waals surface area (Å²) in [7, 11) is 0. The van der Waals surface area contributed by atoms with Gasteiger partial charge in [0, 0.05) is 0 Å². The first-order chi connectivity index (χ1) is 6.25. The number of alkyl halides is 10. The highest BCUT2D eigenvalue weighted by atomic mass is 35.5. The Morgan fingerprint density at radius 1 is 0.733 bits per heavy atom. The summed E-state index contributed by atoms with van der Waals surface area (Å²) in [6.45, 7) is 0. The van der Waals surface area contributed by atoms with Crippen LogP contribution in [-0.4, -0.2) is 28.8 Å². The van der Waals surface area contributed by atoms with Gasteiger partial charge in [0.25, 0.3) is 0 Å². The van der Waals surface area contributed by atoms with Crippen molar-refractivity contribution in [3.05, 3.63) is 0 Å². The summed E-state index contributed by atoms with van der Waals surface area (Å²) in [5.41, 5.74) is -6.29. The molecule has 0 nitrogen and oxygen atoms in total. The van der Waals surface area contributed by atoms with Gasteiger partial charge in [-0.25, -0.2) is 8.78 Å². The minimum absolute atomic E-state index is 3.87. The van der Waals surface area contributed by atoms with E-state index >= 15 is 0 Å². The molecule has 0 bridgehead atoms. The Bertz CT molecular complexity index is 271. The number of hydrogen-bond donors (Lipinski definition) is 0. The summed E-state index contributed by atoms with van der Waals surface area (Å²) in [4.78, 5) is 0. The van der Waals surface area contributed by atoms with Crippen LogP contribution in [0.4, 0.5) is 39.5 Å². The molecule has 0 N–H and O–H groups in total. The fourth-order valence-electron chi connectivity index (χ4n) is 1.12. The average Bonchev–Trinajstić information content (AvgIpc) is 1.98. The van der Waals surface area contributed by atoms with E-state index in [1.165, 1.54) is 0 Å². The largest absolute Gasteiger partial charge is 0.435 e. The molecule has 1 saturated carbocycles. The Balaban J connectivity index is 3.36. The van der Waals surface area contributed by atoms with Crippen LogP contribution in [0, 0.1) is 0 Å². The third-order valence-electron chi connectivity index (χ3n) is 2.04. The van der Waals surface area contributed by atoms with Crippen molar-refractivity contribution in [2.75, 3.05) is 0 Å². The lowest BCUT2D eigenvalue weighted by Crippen LogP contribution is -2.88. The van der Waals surface area contributed by atoms with Crippen LogP contribution in [0.15, 0.2) is 0 Å². The van der Waals surface area contributed by atoms with Gasteiger partial charge in [-0.3, -0.25) is 0 Å². The summed E-state index contributed by atoms with van der Waals surface area (Å²) >= 11 is 3.87. The normalized spacial score (nSPS) is 43.6. The molecule has 90 valence electrons. The number of rotatable bonds is 0. The van der Waals surface area contributed by atoms with E-state index in [0.29, 0.717) is 0 Å². The number of halogens is 10. The highest BCUT2D eigenvalue weighted by Crippen LogP contribution is 2.73. The van der Waals surface area contributed by atoms with Crippen molar-refractivity contribution >= 4 is 11.6 Å². The molecular formula is C5ClF9. The third-order valence-corrected chi connectivity index (χ3v) is 2.52. The second kappa shape index (κ2) is 2.49. The lowest BCUT2D eigenvalue weighted by atomic mass is 9.70. The predicted octanol–water partition coefficient (Wildman–Crippen LogP) is 3.45. The highest BCUT2D eigenvalue weighted by molar-refractivity contribution is 6.25. The van der Waals surface area contributed by atoms with Crippen LogP contribution in [0.2, 0.25) is 0 Å². The summed E-state index contributed by atoms with van der Waals surface area (Å²) in [6, 6.07) is 0. The zero-order valence-corrected chi connectivity index (χ0v) is 7.04. The molecule has 1 fully saturated rings. The van der Waals surface area contributed by atoms with Gasteiger partial charge in [0.05, 0.1) is 0 Å². The monoisotopic (exact) mass is 266 g/mol. The second-order valence-electron chi connectivity index (χ2n) is 2.88. The maximum absolute atomic E-state index is 12.5. The zero-order chi connectivity index (χ0) is 12.5. The van der Waals surface area contributed by atoms with E-state index in [9.17, 15) is 39.5 Å². The van der Waals surface area contributed by atoms with Crippen molar-refractivity contribution in [2.45, 2.75) is 28.8 Å². The van der Waals surface area contributed by atoms with E-state index in [4.69, 9.17) is 0 Å². The first kappa shape index (κ1) is 12.7. The Labute approximate surface area is 81.0 Å². The maximum Gasteiger partial charge on any atom is 0.435 e. The predicted molar refractivity (Wildman–Crippen MR) is 29.5 cm³/mol. The van der Waals surface area contributed by atoms with Crippen molar-refractivity contribution in [1.29, 1.82) is 0 Å².